The van der Waals surface area contributed by atoms with E-state index in [1.54, 1.807) is 7.05 Å². The molecule has 0 aliphatic rings. The molecule has 2 rings (SSSR count). The number of aromatic amines is 1. The zero-order valence-electron chi connectivity index (χ0n) is 7.79. The maximum atomic E-state index is 11.2. The van der Waals surface area contributed by atoms with Crippen LogP contribution in [-0.4, -0.2) is 22.9 Å². The predicted octanol–water partition coefficient (Wildman–Crippen LogP) is 0.652. The molecular formula is C10H10N3O. The predicted molar refractivity (Wildman–Crippen MR) is 52.7 cm³/mol. The van der Waals surface area contributed by atoms with Crippen LogP contribution in [0.15, 0.2) is 18.2 Å². The van der Waals surface area contributed by atoms with Crippen LogP contribution in [0.3, 0.4) is 0 Å². The molecule has 0 spiro atoms. The van der Waals surface area contributed by atoms with Crippen molar-refractivity contribution in [2.45, 2.75) is 6.42 Å². The molecule has 2 aromatic rings. The van der Waals surface area contributed by atoms with Crippen LogP contribution >= 0.6 is 0 Å². The van der Waals surface area contributed by atoms with Gasteiger partial charge in [0.15, 0.2) is 6.33 Å². The molecule has 1 heterocycles. The van der Waals surface area contributed by atoms with Gasteiger partial charge in [0.25, 0.3) is 0 Å². The molecule has 0 atom stereocenters. The van der Waals surface area contributed by atoms with Crippen molar-refractivity contribution in [1.29, 1.82) is 0 Å². The number of H-pyrrole nitrogens is 1. The lowest BCUT2D eigenvalue weighted by Gasteiger charge is -2.00. The molecule has 0 unspecified atom stereocenters. The van der Waals surface area contributed by atoms with Gasteiger partial charge in [0, 0.05) is 7.05 Å². The number of amides is 1. The van der Waals surface area contributed by atoms with Crippen molar-refractivity contribution in [2.75, 3.05) is 7.05 Å². The van der Waals surface area contributed by atoms with E-state index in [2.05, 4.69) is 21.6 Å². The summed E-state index contributed by atoms with van der Waals surface area (Å²) >= 11 is 0. The molecule has 1 amide bonds. The second-order valence-corrected chi connectivity index (χ2v) is 3.01. The lowest BCUT2D eigenvalue weighted by molar-refractivity contribution is -0.119. The Labute approximate surface area is 81.3 Å². The largest absolute Gasteiger partial charge is 0.359 e. The third kappa shape index (κ3) is 1.46. The minimum atomic E-state index is -0.0134. The average molecular weight is 188 g/mol. The first kappa shape index (κ1) is 8.74. The minimum Gasteiger partial charge on any atom is -0.359 e. The normalized spacial score (nSPS) is 10.4. The average Bonchev–Trinajstić information content (AvgIpc) is 2.66. The molecule has 1 radical (unpaired) electrons. The Bertz CT molecular complexity index is 461. The van der Waals surface area contributed by atoms with Crippen LogP contribution in [0.1, 0.15) is 5.56 Å². The van der Waals surface area contributed by atoms with Gasteiger partial charge in [-0.3, -0.25) is 4.79 Å². The topological polar surface area (TPSA) is 57.8 Å². The Hall–Kier alpha value is -1.84. The minimum absolute atomic E-state index is 0.0134. The Balaban J connectivity index is 2.41. The van der Waals surface area contributed by atoms with Gasteiger partial charge in [-0.15, -0.1) is 0 Å². The Morgan fingerprint density at radius 2 is 2.50 bits per heavy atom. The summed E-state index contributed by atoms with van der Waals surface area (Å²) in [4.78, 5) is 18.1. The number of para-hydroxylation sites is 1. The summed E-state index contributed by atoms with van der Waals surface area (Å²) < 4.78 is 0. The maximum Gasteiger partial charge on any atom is 0.224 e. The van der Waals surface area contributed by atoms with Gasteiger partial charge in [0.2, 0.25) is 5.91 Å². The summed E-state index contributed by atoms with van der Waals surface area (Å²) in [7, 11) is 1.62. The number of nitrogens with one attached hydrogen (secondary N) is 2. The Morgan fingerprint density at radius 3 is 3.29 bits per heavy atom. The molecule has 0 bridgehead atoms. The second-order valence-electron chi connectivity index (χ2n) is 3.01. The van der Waals surface area contributed by atoms with E-state index in [0.717, 1.165) is 16.6 Å². The SMILES string of the molecule is CNC(=O)Cc1cccc2[nH][c]nc12. The van der Waals surface area contributed by atoms with Crippen LogP contribution in [0, 0.1) is 6.33 Å². The van der Waals surface area contributed by atoms with Gasteiger partial charge in [-0.2, -0.15) is 0 Å². The van der Waals surface area contributed by atoms with E-state index in [1.165, 1.54) is 0 Å². The summed E-state index contributed by atoms with van der Waals surface area (Å²) in [6.45, 7) is 0. The molecule has 14 heavy (non-hydrogen) atoms. The lowest BCUT2D eigenvalue weighted by Crippen LogP contribution is -2.20. The van der Waals surface area contributed by atoms with Crippen LogP contribution in [0.2, 0.25) is 0 Å². The van der Waals surface area contributed by atoms with Crippen molar-refractivity contribution in [3.8, 4) is 0 Å². The van der Waals surface area contributed by atoms with Crippen LogP contribution in [0.4, 0.5) is 0 Å². The van der Waals surface area contributed by atoms with Gasteiger partial charge in [-0.25, -0.2) is 4.98 Å². The molecular weight excluding hydrogens is 178 g/mol. The van der Waals surface area contributed by atoms with E-state index in [0.29, 0.717) is 6.42 Å². The zero-order valence-corrected chi connectivity index (χ0v) is 7.79. The molecule has 2 N–H and O–H groups in total. The number of imidazole rings is 1. The van der Waals surface area contributed by atoms with Crippen molar-refractivity contribution in [3.63, 3.8) is 0 Å². The number of aromatic nitrogens is 2. The highest BCUT2D eigenvalue weighted by Crippen LogP contribution is 2.14. The highest BCUT2D eigenvalue weighted by atomic mass is 16.1. The summed E-state index contributed by atoms with van der Waals surface area (Å²) in [5.74, 6) is -0.0134. The quantitative estimate of drug-likeness (QED) is 0.727. The van der Waals surface area contributed by atoms with E-state index < -0.39 is 0 Å². The van der Waals surface area contributed by atoms with Gasteiger partial charge in [0.05, 0.1) is 17.5 Å². The van der Waals surface area contributed by atoms with E-state index in [4.69, 9.17) is 0 Å². The highest BCUT2D eigenvalue weighted by Gasteiger charge is 2.06. The van der Waals surface area contributed by atoms with Gasteiger partial charge in [-0.1, -0.05) is 12.1 Å². The number of hydrogen-bond donors (Lipinski definition) is 2. The van der Waals surface area contributed by atoms with E-state index in [9.17, 15) is 4.79 Å². The number of fused-ring (bicyclic) bond motifs is 1. The maximum absolute atomic E-state index is 11.2. The van der Waals surface area contributed by atoms with Crippen molar-refractivity contribution >= 4 is 16.9 Å². The zero-order chi connectivity index (χ0) is 9.97. The first-order valence-corrected chi connectivity index (χ1v) is 4.35. The summed E-state index contributed by atoms with van der Waals surface area (Å²) in [6, 6.07) is 5.70. The standard InChI is InChI=1S/C10H10N3O/c1-11-9(14)5-7-3-2-4-8-10(7)13-6-12-8/h2-4H,5H2,1H3,(H,11,14)(H,12,13). The number of carbonyl (C=O) groups excluding carboxylic acids is 1. The fourth-order valence-electron chi connectivity index (χ4n) is 1.37. The van der Waals surface area contributed by atoms with Gasteiger partial charge in [-0.05, 0) is 11.6 Å². The molecule has 4 heteroatoms. The van der Waals surface area contributed by atoms with Gasteiger partial charge < -0.3 is 10.3 Å². The number of carbonyl (C=O) groups is 1. The lowest BCUT2D eigenvalue weighted by atomic mass is 10.1. The van der Waals surface area contributed by atoms with E-state index in [-0.39, 0.29) is 5.91 Å². The molecule has 1 aromatic heterocycles. The molecule has 0 aliphatic heterocycles. The summed E-state index contributed by atoms with van der Waals surface area (Å²) in [5.41, 5.74) is 2.64. The van der Waals surface area contributed by atoms with Crippen molar-refractivity contribution in [2.24, 2.45) is 0 Å². The van der Waals surface area contributed by atoms with Crippen LogP contribution in [-0.2, 0) is 11.2 Å². The fourth-order valence-corrected chi connectivity index (χ4v) is 1.37. The fraction of sp³-hybridized carbons (Fsp3) is 0.200. The Kier molecular flexibility index (Phi) is 2.18. The molecule has 71 valence electrons. The van der Waals surface area contributed by atoms with E-state index in [1.807, 2.05) is 18.2 Å². The number of rotatable bonds is 2. The van der Waals surface area contributed by atoms with Crippen molar-refractivity contribution in [1.82, 2.24) is 15.3 Å². The van der Waals surface area contributed by atoms with Crippen molar-refractivity contribution in [3.05, 3.63) is 30.1 Å². The number of benzene rings is 1. The van der Waals surface area contributed by atoms with E-state index >= 15 is 0 Å². The number of hydrogen-bond acceptors (Lipinski definition) is 2. The first-order valence-electron chi connectivity index (χ1n) is 4.35. The first-order chi connectivity index (χ1) is 6.81. The molecule has 4 nitrogen and oxygen atoms in total. The van der Waals surface area contributed by atoms with Crippen LogP contribution < -0.4 is 5.32 Å². The monoisotopic (exact) mass is 188 g/mol. The van der Waals surface area contributed by atoms with Crippen LogP contribution in [0.5, 0.6) is 0 Å². The smallest absolute Gasteiger partial charge is 0.224 e. The Morgan fingerprint density at radius 1 is 1.64 bits per heavy atom. The third-order valence-corrected chi connectivity index (χ3v) is 2.11. The molecule has 1 aromatic carbocycles. The summed E-state index contributed by atoms with van der Waals surface area (Å²) in [5, 5.41) is 2.58. The number of nitrogens with zero attached hydrogens (tertiary/aromatic N) is 1. The van der Waals surface area contributed by atoms with Gasteiger partial charge >= 0.3 is 0 Å². The van der Waals surface area contributed by atoms with Crippen LogP contribution in [0.25, 0.3) is 11.0 Å². The molecule has 0 fully saturated rings. The molecule has 0 aliphatic carbocycles. The summed E-state index contributed by atoms with van der Waals surface area (Å²) in [6.07, 6.45) is 3.02. The number of likely N-dealkylation sites (N-methyl/N-ethyl adjacent to an activating group) is 1. The van der Waals surface area contributed by atoms with Gasteiger partial charge in [0.1, 0.15) is 0 Å². The third-order valence-electron chi connectivity index (χ3n) is 2.11. The molecule has 0 saturated heterocycles. The second kappa shape index (κ2) is 3.49. The highest BCUT2D eigenvalue weighted by molar-refractivity contribution is 5.85. The molecule has 0 saturated carbocycles. The van der Waals surface area contributed by atoms with Crippen molar-refractivity contribution < 1.29 is 4.79 Å².